The van der Waals surface area contributed by atoms with Gasteiger partial charge in [-0.2, -0.15) is 0 Å². The molecule has 0 saturated heterocycles. The van der Waals surface area contributed by atoms with Crippen molar-refractivity contribution in [2.75, 3.05) is 19.6 Å². The van der Waals surface area contributed by atoms with Crippen molar-refractivity contribution in [1.82, 2.24) is 19.9 Å². The Balaban J connectivity index is 1.62. The summed E-state index contributed by atoms with van der Waals surface area (Å²) in [7, 11) is 0. The third-order valence-electron chi connectivity index (χ3n) is 6.21. The van der Waals surface area contributed by atoms with E-state index in [1.165, 1.54) is 11.1 Å². The Morgan fingerprint density at radius 2 is 1.42 bits per heavy atom. The second-order valence-corrected chi connectivity index (χ2v) is 8.43. The van der Waals surface area contributed by atoms with E-state index in [1.807, 2.05) is 16.8 Å². The lowest BCUT2D eigenvalue weighted by molar-refractivity contribution is 0.306. The van der Waals surface area contributed by atoms with E-state index in [4.69, 9.17) is 0 Å². The van der Waals surface area contributed by atoms with E-state index in [2.05, 4.69) is 84.5 Å². The summed E-state index contributed by atoms with van der Waals surface area (Å²) >= 11 is 0. The van der Waals surface area contributed by atoms with Gasteiger partial charge in [-0.1, -0.05) is 73.2 Å². The number of phenolic OH excluding ortho intramolecular Hbond substituents is 1. The van der Waals surface area contributed by atoms with Gasteiger partial charge in [-0.15, -0.1) is 5.10 Å². The van der Waals surface area contributed by atoms with Crippen LogP contribution in [0.2, 0.25) is 0 Å². The predicted octanol–water partition coefficient (Wildman–Crippen LogP) is 5.42. The molecule has 33 heavy (non-hydrogen) atoms. The van der Waals surface area contributed by atoms with Crippen LogP contribution in [0.4, 0.5) is 0 Å². The lowest BCUT2D eigenvalue weighted by Crippen LogP contribution is -2.25. The van der Waals surface area contributed by atoms with Gasteiger partial charge in [0.05, 0.1) is 17.1 Å². The average Bonchev–Trinajstić information content (AvgIpc) is 3.23. The van der Waals surface area contributed by atoms with Gasteiger partial charge in [-0.3, -0.25) is 0 Å². The summed E-state index contributed by atoms with van der Waals surface area (Å²) in [4.78, 5) is 2.42. The Kier molecular flexibility index (Phi) is 7.20. The second-order valence-electron chi connectivity index (χ2n) is 8.43. The topological polar surface area (TPSA) is 54.2 Å². The molecule has 0 fully saturated rings. The molecule has 3 aromatic carbocycles. The molecule has 5 nitrogen and oxygen atoms in total. The Morgan fingerprint density at radius 1 is 0.818 bits per heavy atom. The van der Waals surface area contributed by atoms with E-state index in [0.717, 1.165) is 60.7 Å². The van der Waals surface area contributed by atoms with Crippen molar-refractivity contribution in [2.45, 2.75) is 33.6 Å². The van der Waals surface area contributed by atoms with Gasteiger partial charge in [0.1, 0.15) is 5.75 Å². The number of phenols is 1. The quantitative estimate of drug-likeness (QED) is 0.377. The van der Waals surface area contributed by atoms with Crippen LogP contribution in [-0.4, -0.2) is 44.6 Å². The Labute approximate surface area is 196 Å². The van der Waals surface area contributed by atoms with Crippen molar-refractivity contribution in [3.05, 3.63) is 95.3 Å². The van der Waals surface area contributed by atoms with E-state index in [1.54, 1.807) is 12.1 Å². The highest BCUT2D eigenvalue weighted by Gasteiger charge is 2.16. The molecule has 0 spiro atoms. The number of aryl methyl sites for hydroxylation is 1. The minimum Gasteiger partial charge on any atom is -0.508 e. The maximum Gasteiger partial charge on any atom is 0.115 e. The normalized spacial score (nSPS) is 11.3. The fourth-order valence-electron chi connectivity index (χ4n) is 4.06. The Bertz CT molecular complexity index is 1160. The Morgan fingerprint density at radius 3 is 2.03 bits per heavy atom. The molecule has 0 aliphatic rings. The van der Waals surface area contributed by atoms with Gasteiger partial charge in [0.2, 0.25) is 0 Å². The molecule has 0 atom stereocenters. The molecule has 4 rings (SSSR count). The first kappa shape index (κ1) is 22.7. The summed E-state index contributed by atoms with van der Waals surface area (Å²) in [5.41, 5.74) is 7.91. The largest absolute Gasteiger partial charge is 0.508 e. The van der Waals surface area contributed by atoms with Crippen LogP contribution in [0.15, 0.2) is 72.8 Å². The molecular formula is C28H32N4O. The van der Waals surface area contributed by atoms with Gasteiger partial charge in [-0.25, -0.2) is 4.68 Å². The SMILES string of the molecule is CCN(CC)CCc1nnn(-c2ccc(C)cc2)c1Cc1ccc(-c2ccc(O)cc2)cc1. The van der Waals surface area contributed by atoms with Crippen LogP contribution >= 0.6 is 0 Å². The zero-order valence-corrected chi connectivity index (χ0v) is 19.7. The number of likely N-dealkylation sites (N-methyl/N-ethyl adjacent to an activating group) is 1. The molecule has 1 heterocycles. The van der Waals surface area contributed by atoms with Gasteiger partial charge < -0.3 is 10.0 Å². The molecule has 0 saturated carbocycles. The molecule has 0 bridgehead atoms. The molecule has 5 heteroatoms. The van der Waals surface area contributed by atoms with Crippen LogP contribution in [-0.2, 0) is 12.8 Å². The summed E-state index contributed by atoms with van der Waals surface area (Å²) in [5.74, 6) is 0.282. The molecule has 1 N–H and O–H groups in total. The van der Waals surface area contributed by atoms with E-state index in [0.29, 0.717) is 0 Å². The third-order valence-corrected chi connectivity index (χ3v) is 6.21. The summed E-state index contributed by atoms with van der Waals surface area (Å²) in [6, 6.07) is 24.4. The fourth-order valence-corrected chi connectivity index (χ4v) is 4.06. The highest BCUT2D eigenvalue weighted by molar-refractivity contribution is 5.64. The van der Waals surface area contributed by atoms with E-state index >= 15 is 0 Å². The first-order chi connectivity index (χ1) is 16.1. The molecule has 0 aliphatic heterocycles. The van der Waals surface area contributed by atoms with Crippen molar-refractivity contribution in [1.29, 1.82) is 0 Å². The summed E-state index contributed by atoms with van der Waals surface area (Å²) in [6.07, 6.45) is 1.65. The van der Waals surface area contributed by atoms with Crippen LogP contribution in [0.1, 0.15) is 36.4 Å². The lowest BCUT2D eigenvalue weighted by Gasteiger charge is -2.17. The van der Waals surface area contributed by atoms with Crippen LogP contribution in [0.5, 0.6) is 5.75 Å². The van der Waals surface area contributed by atoms with Gasteiger partial charge >= 0.3 is 0 Å². The zero-order valence-electron chi connectivity index (χ0n) is 19.7. The standard InChI is InChI=1S/C28H32N4O/c1-4-31(5-2)19-18-27-28(32(30-29-27)25-14-6-21(3)7-15-25)20-22-8-10-23(11-9-22)24-12-16-26(33)17-13-24/h6-17,33H,4-5,18-20H2,1-3H3. The summed E-state index contributed by atoms with van der Waals surface area (Å²) in [6.45, 7) is 9.54. The number of aromatic hydroxyl groups is 1. The molecule has 0 unspecified atom stereocenters. The first-order valence-corrected chi connectivity index (χ1v) is 11.7. The minimum atomic E-state index is 0.282. The maximum atomic E-state index is 9.54. The molecular weight excluding hydrogens is 408 g/mol. The monoisotopic (exact) mass is 440 g/mol. The number of hydrogen-bond donors (Lipinski definition) is 1. The highest BCUT2D eigenvalue weighted by Crippen LogP contribution is 2.24. The molecule has 4 aromatic rings. The molecule has 0 aliphatic carbocycles. The van der Waals surface area contributed by atoms with Crippen LogP contribution < -0.4 is 0 Å². The first-order valence-electron chi connectivity index (χ1n) is 11.7. The van der Waals surface area contributed by atoms with Crippen LogP contribution in [0, 0.1) is 6.92 Å². The molecule has 1 aromatic heterocycles. The average molecular weight is 441 g/mol. The van der Waals surface area contributed by atoms with E-state index in [-0.39, 0.29) is 5.75 Å². The second kappa shape index (κ2) is 10.5. The van der Waals surface area contributed by atoms with Crippen molar-refractivity contribution in [3.8, 4) is 22.6 Å². The molecule has 0 radical (unpaired) electrons. The van der Waals surface area contributed by atoms with Crippen molar-refractivity contribution < 1.29 is 5.11 Å². The fraction of sp³-hybridized carbons (Fsp3) is 0.286. The van der Waals surface area contributed by atoms with Gasteiger partial charge in [-0.05, 0) is 61.0 Å². The summed E-state index contributed by atoms with van der Waals surface area (Å²) < 4.78 is 1.99. The smallest absolute Gasteiger partial charge is 0.115 e. The number of aromatic nitrogens is 3. The van der Waals surface area contributed by atoms with Crippen molar-refractivity contribution in [3.63, 3.8) is 0 Å². The zero-order chi connectivity index (χ0) is 23.2. The van der Waals surface area contributed by atoms with Gasteiger partial charge in [0, 0.05) is 19.4 Å². The lowest BCUT2D eigenvalue weighted by atomic mass is 10.0. The minimum absolute atomic E-state index is 0.282. The van der Waals surface area contributed by atoms with E-state index in [9.17, 15) is 5.11 Å². The molecule has 0 amide bonds. The van der Waals surface area contributed by atoms with E-state index < -0.39 is 0 Å². The number of hydrogen-bond acceptors (Lipinski definition) is 4. The maximum absolute atomic E-state index is 9.54. The predicted molar refractivity (Wildman–Crippen MR) is 134 cm³/mol. The highest BCUT2D eigenvalue weighted by atomic mass is 16.3. The summed E-state index contributed by atoms with van der Waals surface area (Å²) in [5, 5.41) is 18.7. The number of rotatable bonds is 9. The van der Waals surface area contributed by atoms with Crippen molar-refractivity contribution >= 4 is 0 Å². The van der Waals surface area contributed by atoms with Gasteiger partial charge in [0.25, 0.3) is 0 Å². The third kappa shape index (κ3) is 5.49. The van der Waals surface area contributed by atoms with Crippen LogP contribution in [0.3, 0.4) is 0 Å². The Hall–Kier alpha value is -3.44. The number of benzene rings is 3. The van der Waals surface area contributed by atoms with Crippen molar-refractivity contribution in [2.24, 2.45) is 0 Å². The van der Waals surface area contributed by atoms with Crippen LogP contribution in [0.25, 0.3) is 16.8 Å². The van der Waals surface area contributed by atoms with Gasteiger partial charge in [0.15, 0.2) is 0 Å². The number of nitrogens with zero attached hydrogens (tertiary/aromatic N) is 4. The molecule has 170 valence electrons.